The van der Waals surface area contributed by atoms with Crippen LogP contribution in [0.1, 0.15) is 27.6 Å². The Morgan fingerprint density at radius 3 is 2.33 bits per heavy atom. The Morgan fingerprint density at radius 1 is 1.05 bits per heavy atom. The SMILES string of the molecule is CCOC(=O)c1ccccc1NC(=O)c1ccccc1Cl. The highest BCUT2D eigenvalue weighted by Crippen LogP contribution is 2.20. The lowest BCUT2D eigenvalue weighted by molar-refractivity contribution is 0.0527. The van der Waals surface area contributed by atoms with Gasteiger partial charge in [0.1, 0.15) is 0 Å². The van der Waals surface area contributed by atoms with Gasteiger partial charge < -0.3 is 10.1 Å². The van der Waals surface area contributed by atoms with E-state index in [4.69, 9.17) is 16.3 Å². The number of halogens is 1. The molecule has 0 saturated heterocycles. The quantitative estimate of drug-likeness (QED) is 0.875. The number of nitrogens with one attached hydrogen (secondary N) is 1. The second kappa shape index (κ2) is 6.90. The molecule has 2 aromatic carbocycles. The average molecular weight is 304 g/mol. The van der Waals surface area contributed by atoms with Crippen LogP contribution in [-0.2, 0) is 4.74 Å². The lowest BCUT2D eigenvalue weighted by Crippen LogP contribution is -2.16. The number of ether oxygens (including phenoxy) is 1. The van der Waals surface area contributed by atoms with E-state index in [1.165, 1.54) is 0 Å². The topological polar surface area (TPSA) is 55.4 Å². The maximum Gasteiger partial charge on any atom is 0.340 e. The fraction of sp³-hybridized carbons (Fsp3) is 0.125. The molecule has 0 aliphatic rings. The van der Waals surface area contributed by atoms with Crippen molar-refractivity contribution in [3.05, 3.63) is 64.7 Å². The third-order valence-corrected chi connectivity index (χ3v) is 3.12. The Hall–Kier alpha value is -2.33. The Bertz CT molecular complexity index is 670. The van der Waals surface area contributed by atoms with Crippen LogP contribution in [0.4, 0.5) is 5.69 Å². The van der Waals surface area contributed by atoms with Gasteiger partial charge in [-0.15, -0.1) is 0 Å². The molecule has 0 bridgehead atoms. The third kappa shape index (κ3) is 3.61. The lowest BCUT2D eigenvalue weighted by atomic mass is 10.1. The molecule has 0 fully saturated rings. The first-order valence-corrected chi connectivity index (χ1v) is 6.83. The molecule has 108 valence electrons. The smallest absolute Gasteiger partial charge is 0.340 e. The zero-order valence-electron chi connectivity index (χ0n) is 11.4. The molecule has 21 heavy (non-hydrogen) atoms. The van der Waals surface area contributed by atoms with Crippen LogP contribution in [-0.4, -0.2) is 18.5 Å². The number of hydrogen-bond donors (Lipinski definition) is 1. The van der Waals surface area contributed by atoms with Crippen molar-refractivity contribution in [2.75, 3.05) is 11.9 Å². The molecule has 1 amide bonds. The van der Waals surface area contributed by atoms with Gasteiger partial charge in [-0.05, 0) is 31.2 Å². The predicted octanol–water partition coefficient (Wildman–Crippen LogP) is 3.77. The number of esters is 1. The zero-order valence-corrected chi connectivity index (χ0v) is 12.2. The normalized spacial score (nSPS) is 10.0. The van der Waals surface area contributed by atoms with E-state index in [0.717, 1.165) is 0 Å². The minimum Gasteiger partial charge on any atom is -0.462 e. The highest BCUT2D eigenvalue weighted by atomic mass is 35.5. The van der Waals surface area contributed by atoms with Crippen LogP contribution < -0.4 is 5.32 Å². The minimum atomic E-state index is -0.479. The van der Waals surface area contributed by atoms with Gasteiger partial charge in [0.2, 0.25) is 0 Å². The van der Waals surface area contributed by atoms with Crippen LogP contribution in [0.3, 0.4) is 0 Å². The zero-order chi connectivity index (χ0) is 15.2. The van der Waals surface area contributed by atoms with Gasteiger partial charge in [-0.25, -0.2) is 4.79 Å². The summed E-state index contributed by atoms with van der Waals surface area (Å²) in [6.07, 6.45) is 0. The number of amides is 1. The maximum atomic E-state index is 12.2. The summed E-state index contributed by atoms with van der Waals surface area (Å²) in [5.74, 6) is -0.857. The van der Waals surface area contributed by atoms with Crippen molar-refractivity contribution in [1.29, 1.82) is 0 Å². The molecular formula is C16H14ClNO3. The molecule has 0 radical (unpaired) electrons. The van der Waals surface area contributed by atoms with Gasteiger partial charge in [0, 0.05) is 0 Å². The summed E-state index contributed by atoms with van der Waals surface area (Å²) in [5, 5.41) is 3.03. The molecule has 0 saturated carbocycles. The first kappa shape index (κ1) is 15.1. The van der Waals surface area contributed by atoms with E-state index in [-0.39, 0.29) is 12.5 Å². The molecule has 2 rings (SSSR count). The van der Waals surface area contributed by atoms with Crippen molar-refractivity contribution in [2.45, 2.75) is 6.92 Å². The van der Waals surface area contributed by atoms with E-state index >= 15 is 0 Å². The highest BCUT2D eigenvalue weighted by Gasteiger charge is 2.15. The summed E-state index contributed by atoms with van der Waals surface area (Å²) in [6, 6.07) is 13.4. The number of para-hydroxylation sites is 1. The van der Waals surface area contributed by atoms with E-state index in [0.29, 0.717) is 21.8 Å². The minimum absolute atomic E-state index is 0.269. The molecular weight excluding hydrogens is 290 g/mol. The highest BCUT2D eigenvalue weighted by molar-refractivity contribution is 6.34. The van der Waals surface area contributed by atoms with Gasteiger partial charge in [0.05, 0.1) is 28.4 Å². The molecule has 0 aromatic heterocycles. The standard InChI is InChI=1S/C16H14ClNO3/c1-2-21-16(20)12-8-4-6-10-14(12)18-15(19)11-7-3-5-9-13(11)17/h3-10H,2H2,1H3,(H,18,19). The Morgan fingerprint density at radius 2 is 1.67 bits per heavy atom. The van der Waals surface area contributed by atoms with Crippen molar-refractivity contribution in [1.82, 2.24) is 0 Å². The summed E-state index contributed by atoms with van der Waals surface area (Å²) in [7, 11) is 0. The lowest BCUT2D eigenvalue weighted by Gasteiger charge is -2.10. The van der Waals surface area contributed by atoms with Crippen molar-refractivity contribution < 1.29 is 14.3 Å². The maximum absolute atomic E-state index is 12.2. The van der Waals surface area contributed by atoms with Crippen LogP contribution in [0, 0.1) is 0 Å². The number of rotatable bonds is 4. The molecule has 0 atom stereocenters. The van der Waals surface area contributed by atoms with Gasteiger partial charge in [0.25, 0.3) is 5.91 Å². The van der Waals surface area contributed by atoms with Gasteiger partial charge in [-0.1, -0.05) is 35.9 Å². The van der Waals surface area contributed by atoms with Crippen LogP contribution in [0.5, 0.6) is 0 Å². The van der Waals surface area contributed by atoms with Crippen LogP contribution >= 0.6 is 11.6 Å². The molecule has 0 aliphatic carbocycles. The number of anilines is 1. The van der Waals surface area contributed by atoms with Crippen molar-refractivity contribution in [3.8, 4) is 0 Å². The monoisotopic (exact) mass is 303 g/mol. The van der Waals surface area contributed by atoms with Crippen LogP contribution in [0.2, 0.25) is 5.02 Å². The first-order valence-electron chi connectivity index (χ1n) is 6.45. The summed E-state index contributed by atoms with van der Waals surface area (Å²) in [5.41, 5.74) is 1.04. The average Bonchev–Trinajstić information content (AvgIpc) is 2.48. The summed E-state index contributed by atoms with van der Waals surface area (Å²) >= 11 is 5.98. The fourth-order valence-corrected chi connectivity index (χ4v) is 2.04. The largest absolute Gasteiger partial charge is 0.462 e. The molecule has 5 heteroatoms. The molecule has 2 aromatic rings. The molecule has 0 unspecified atom stereocenters. The van der Waals surface area contributed by atoms with Gasteiger partial charge in [0.15, 0.2) is 0 Å². The van der Waals surface area contributed by atoms with Crippen molar-refractivity contribution in [3.63, 3.8) is 0 Å². The third-order valence-electron chi connectivity index (χ3n) is 2.79. The van der Waals surface area contributed by atoms with Crippen molar-refractivity contribution >= 4 is 29.2 Å². The first-order chi connectivity index (χ1) is 10.1. The van der Waals surface area contributed by atoms with E-state index in [2.05, 4.69) is 5.32 Å². The molecule has 4 nitrogen and oxygen atoms in total. The number of carbonyl (C=O) groups is 2. The second-order valence-corrected chi connectivity index (χ2v) is 4.61. The Labute approximate surface area is 127 Å². The van der Waals surface area contributed by atoms with Gasteiger partial charge >= 0.3 is 5.97 Å². The molecule has 0 spiro atoms. The summed E-state index contributed by atoms with van der Waals surface area (Å²) < 4.78 is 4.96. The molecule has 1 N–H and O–H groups in total. The summed E-state index contributed by atoms with van der Waals surface area (Å²) in [6.45, 7) is 1.99. The van der Waals surface area contributed by atoms with Gasteiger partial charge in [-0.3, -0.25) is 4.79 Å². The van der Waals surface area contributed by atoms with Crippen molar-refractivity contribution in [2.24, 2.45) is 0 Å². The van der Waals surface area contributed by atoms with E-state index in [1.54, 1.807) is 55.5 Å². The second-order valence-electron chi connectivity index (χ2n) is 4.20. The van der Waals surface area contributed by atoms with Gasteiger partial charge in [-0.2, -0.15) is 0 Å². The van der Waals surface area contributed by atoms with Crippen LogP contribution in [0.25, 0.3) is 0 Å². The number of carbonyl (C=O) groups excluding carboxylic acids is 2. The predicted molar refractivity (Wildman–Crippen MR) is 81.8 cm³/mol. The Kier molecular flexibility index (Phi) is 4.95. The van der Waals surface area contributed by atoms with E-state index in [9.17, 15) is 9.59 Å². The van der Waals surface area contributed by atoms with E-state index in [1.807, 2.05) is 0 Å². The van der Waals surface area contributed by atoms with Crippen LogP contribution in [0.15, 0.2) is 48.5 Å². The Balaban J connectivity index is 2.26. The number of hydrogen-bond acceptors (Lipinski definition) is 3. The molecule has 0 heterocycles. The fourth-order valence-electron chi connectivity index (χ4n) is 1.81. The molecule has 0 aliphatic heterocycles. The summed E-state index contributed by atoms with van der Waals surface area (Å²) in [4.78, 5) is 24.1. The van der Waals surface area contributed by atoms with E-state index < -0.39 is 5.97 Å². The number of benzene rings is 2.